The molecule has 0 spiro atoms. The van der Waals surface area contributed by atoms with Crippen molar-refractivity contribution >= 4 is 17.6 Å². The fraction of sp³-hybridized carbons (Fsp3) is 0.333. The van der Waals surface area contributed by atoms with Crippen LogP contribution in [0.4, 0.5) is 4.39 Å². The minimum atomic E-state index is -0.553. The van der Waals surface area contributed by atoms with Crippen molar-refractivity contribution in [1.82, 2.24) is 4.98 Å². The number of halogens is 2. The summed E-state index contributed by atoms with van der Waals surface area (Å²) in [6.07, 6.45) is -0.194. The van der Waals surface area contributed by atoms with Crippen LogP contribution in [0, 0.1) is 5.82 Å². The molecular formula is C9H9ClFNO2. The Labute approximate surface area is 85.9 Å². The van der Waals surface area contributed by atoms with E-state index in [-0.39, 0.29) is 23.9 Å². The zero-order valence-electron chi connectivity index (χ0n) is 7.59. The van der Waals surface area contributed by atoms with Crippen molar-refractivity contribution in [1.29, 1.82) is 0 Å². The molecular weight excluding hydrogens is 209 g/mol. The maximum absolute atomic E-state index is 13.0. The monoisotopic (exact) mass is 217 g/mol. The van der Waals surface area contributed by atoms with Gasteiger partial charge in [0.15, 0.2) is 0 Å². The summed E-state index contributed by atoms with van der Waals surface area (Å²) in [7, 11) is 0. The van der Waals surface area contributed by atoms with Gasteiger partial charge in [0.2, 0.25) is 0 Å². The van der Waals surface area contributed by atoms with Crippen molar-refractivity contribution in [3.05, 3.63) is 28.8 Å². The number of nitrogens with zero attached hydrogens (tertiary/aromatic N) is 1. The summed E-state index contributed by atoms with van der Waals surface area (Å²) in [5.41, 5.74) is 0.0101. The van der Waals surface area contributed by atoms with Crippen LogP contribution in [0.5, 0.6) is 0 Å². The molecule has 1 aromatic heterocycles. The van der Waals surface area contributed by atoms with Gasteiger partial charge in [0.1, 0.15) is 11.0 Å². The normalized spacial score (nSPS) is 9.93. The molecule has 0 bridgehead atoms. The highest BCUT2D eigenvalue weighted by atomic mass is 35.5. The van der Waals surface area contributed by atoms with Gasteiger partial charge in [-0.15, -0.1) is 0 Å². The molecule has 0 fully saturated rings. The first-order chi connectivity index (χ1) is 6.63. The van der Waals surface area contributed by atoms with E-state index in [1.54, 1.807) is 6.92 Å². The molecule has 0 amide bonds. The van der Waals surface area contributed by atoms with E-state index in [1.807, 2.05) is 0 Å². The quantitative estimate of drug-likeness (QED) is 0.574. The van der Waals surface area contributed by atoms with Crippen LogP contribution < -0.4 is 0 Å². The maximum Gasteiger partial charge on any atom is 0.311 e. The highest BCUT2D eigenvalue weighted by molar-refractivity contribution is 6.29. The molecule has 0 saturated carbocycles. The Morgan fingerprint density at radius 3 is 3.00 bits per heavy atom. The largest absolute Gasteiger partial charge is 0.466 e. The summed E-state index contributed by atoms with van der Waals surface area (Å²) >= 11 is 5.55. The van der Waals surface area contributed by atoms with Crippen LogP contribution in [0.25, 0.3) is 0 Å². The lowest BCUT2D eigenvalue weighted by molar-refractivity contribution is -0.142. The number of pyridine rings is 1. The second-order valence-corrected chi connectivity index (χ2v) is 2.93. The van der Waals surface area contributed by atoms with E-state index in [9.17, 15) is 9.18 Å². The van der Waals surface area contributed by atoms with E-state index in [1.165, 1.54) is 12.1 Å². The molecule has 0 N–H and O–H groups in total. The minimum Gasteiger partial charge on any atom is -0.466 e. The van der Waals surface area contributed by atoms with Crippen LogP contribution in [0.2, 0.25) is 5.15 Å². The van der Waals surface area contributed by atoms with Gasteiger partial charge >= 0.3 is 5.97 Å². The third-order valence-electron chi connectivity index (χ3n) is 1.50. The maximum atomic E-state index is 13.0. The standard InChI is InChI=1S/C9H9ClFNO2/c1-2-14-9(13)5-7-6(11)3-4-8(10)12-7/h3-4H,2,5H2,1H3. The average Bonchev–Trinajstić information content (AvgIpc) is 2.12. The Kier molecular flexibility index (Phi) is 3.83. The summed E-state index contributed by atoms with van der Waals surface area (Å²) in [6, 6.07) is 2.50. The first kappa shape index (κ1) is 10.9. The van der Waals surface area contributed by atoms with Crippen LogP contribution in [-0.2, 0) is 16.0 Å². The lowest BCUT2D eigenvalue weighted by Gasteiger charge is -2.02. The van der Waals surface area contributed by atoms with Gasteiger partial charge in [-0.05, 0) is 19.1 Å². The number of rotatable bonds is 3. The number of carbonyl (C=O) groups excluding carboxylic acids is 1. The van der Waals surface area contributed by atoms with Crippen LogP contribution in [0.15, 0.2) is 12.1 Å². The van der Waals surface area contributed by atoms with Gasteiger partial charge < -0.3 is 4.74 Å². The Morgan fingerprint density at radius 1 is 1.64 bits per heavy atom. The second kappa shape index (κ2) is 4.91. The van der Waals surface area contributed by atoms with Crippen LogP contribution in [-0.4, -0.2) is 17.6 Å². The molecule has 76 valence electrons. The molecule has 0 radical (unpaired) electrons. The Bertz CT molecular complexity index is 344. The third-order valence-corrected chi connectivity index (χ3v) is 1.71. The smallest absolute Gasteiger partial charge is 0.311 e. The molecule has 0 aliphatic carbocycles. The van der Waals surface area contributed by atoms with E-state index in [4.69, 9.17) is 11.6 Å². The summed E-state index contributed by atoms with van der Waals surface area (Å²) < 4.78 is 17.7. The number of aromatic nitrogens is 1. The summed E-state index contributed by atoms with van der Waals surface area (Å²) in [5, 5.41) is 0.158. The van der Waals surface area contributed by atoms with E-state index < -0.39 is 11.8 Å². The van der Waals surface area contributed by atoms with Crippen molar-refractivity contribution in [3.8, 4) is 0 Å². The van der Waals surface area contributed by atoms with E-state index in [0.717, 1.165) is 0 Å². The Hall–Kier alpha value is -1.16. The highest BCUT2D eigenvalue weighted by Gasteiger charge is 2.10. The highest BCUT2D eigenvalue weighted by Crippen LogP contribution is 2.10. The molecule has 5 heteroatoms. The van der Waals surface area contributed by atoms with Crippen molar-refractivity contribution in [2.45, 2.75) is 13.3 Å². The van der Waals surface area contributed by atoms with Gasteiger partial charge in [0.05, 0.1) is 18.7 Å². The van der Waals surface area contributed by atoms with Crippen LogP contribution in [0.3, 0.4) is 0 Å². The molecule has 1 heterocycles. The molecule has 0 aliphatic rings. The molecule has 0 aliphatic heterocycles. The molecule has 14 heavy (non-hydrogen) atoms. The zero-order valence-corrected chi connectivity index (χ0v) is 8.34. The lowest BCUT2D eigenvalue weighted by atomic mass is 10.2. The number of ether oxygens (including phenoxy) is 1. The molecule has 0 atom stereocenters. The molecule has 1 aromatic rings. The molecule has 3 nitrogen and oxygen atoms in total. The number of hydrogen-bond donors (Lipinski definition) is 0. The predicted octanol–water partition coefficient (Wildman–Crippen LogP) is 1.98. The van der Waals surface area contributed by atoms with Crippen LogP contribution >= 0.6 is 11.6 Å². The third kappa shape index (κ3) is 2.96. The fourth-order valence-corrected chi connectivity index (χ4v) is 1.10. The Morgan fingerprint density at radius 2 is 2.36 bits per heavy atom. The van der Waals surface area contributed by atoms with Gasteiger partial charge in [0, 0.05) is 0 Å². The SMILES string of the molecule is CCOC(=O)Cc1nc(Cl)ccc1F. The van der Waals surface area contributed by atoms with Crippen molar-refractivity contribution in [2.24, 2.45) is 0 Å². The number of hydrogen-bond acceptors (Lipinski definition) is 3. The summed E-state index contributed by atoms with van der Waals surface area (Å²) in [4.78, 5) is 14.7. The molecule has 0 aromatic carbocycles. The van der Waals surface area contributed by atoms with Gasteiger partial charge in [0.25, 0.3) is 0 Å². The summed E-state index contributed by atoms with van der Waals surface area (Å²) in [6.45, 7) is 1.95. The van der Waals surface area contributed by atoms with E-state index in [2.05, 4.69) is 9.72 Å². The van der Waals surface area contributed by atoms with Gasteiger partial charge in [-0.3, -0.25) is 4.79 Å². The predicted molar refractivity (Wildman–Crippen MR) is 49.5 cm³/mol. The molecule has 1 rings (SSSR count). The second-order valence-electron chi connectivity index (χ2n) is 2.54. The first-order valence-electron chi connectivity index (χ1n) is 4.10. The van der Waals surface area contributed by atoms with Gasteiger partial charge in [-0.1, -0.05) is 11.6 Å². The lowest BCUT2D eigenvalue weighted by Crippen LogP contribution is -2.10. The molecule has 0 saturated heterocycles. The first-order valence-corrected chi connectivity index (χ1v) is 4.47. The number of carbonyl (C=O) groups is 1. The minimum absolute atomic E-state index is 0.0101. The van der Waals surface area contributed by atoms with E-state index in [0.29, 0.717) is 0 Å². The van der Waals surface area contributed by atoms with Gasteiger partial charge in [-0.2, -0.15) is 0 Å². The van der Waals surface area contributed by atoms with Gasteiger partial charge in [-0.25, -0.2) is 9.37 Å². The zero-order chi connectivity index (χ0) is 10.6. The fourth-order valence-electron chi connectivity index (χ4n) is 0.930. The number of esters is 1. The van der Waals surface area contributed by atoms with Crippen molar-refractivity contribution in [3.63, 3.8) is 0 Å². The van der Waals surface area contributed by atoms with Crippen molar-refractivity contribution < 1.29 is 13.9 Å². The molecule has 0 unspecified atom stereocenters. The van der Waals surface area contributed by atoms with E-state index >= 15 is 0 Å². The van der Waals surface area contributed by atoms with Crippen LogP contribution in [0.1, 0.15) is 12.6 Å². The average molecular weight is 218 g/mol. The van der Waals surface area contributed by atoms with Crippen molar-refractivity contribution in [2.75, 3.05) is 6.61 Å². The summed E-state index contributed by atoms with van der Waals surface area (Å²) in [5.74, 6) is -1.07. The topological polar surface area (TPSA) is 39.2 Å². The Balaban J connectivity index is 2.75.